The van der Waals surface area contributed by atoms with Crippen LogP contribution >= 0.6 is 0 Å². The maximum atomic E-state index is 12.4. The van der Waals surface area contributed by atoms with E-state index >= 15 is 0 Å². The summed E-state index contributed by atoms with van der Waals surface area (Å²) in [6.45, 7) is 0.308. The van der Waals surface area contributed by atoms with Gasteiger partial charge in [-0.1, -0.05) is 5.16 Å². The van der Waals surface area contributed by atoms with E-state index in [-0.39, 0.29) is 23.6 Å². The first-order chi connectivity index (χ1) is 11.6. The molecule has 1 fully saturated rings. The van der Waals surface area contributed by atoms with Gasteiger partial charge in [0.2, 0.25) is 11.7 Å². The molecule has 24 heavy (non-hydrogen) atoms. The van der Waals surface area contributed by atoms with Gasteiger partial charge in [-0.25, -0.2) is 0 Å². The van der Waals surface area contributed by atoms with Crippen LogP contribution in [0.2, 0.25) is 0 Å². The number of aromatic nitrogens is 2. The molecule has 0 amide bonds. The van der Waals surface area contributed by atoms with Crippen LogP contribution in [0.5, 0.6) is 11.5 Å². The largest absolute Gasteiger partial charge is 0.493 e. The van der Waals surface area contributed by atoms with Crippen molar-refractivity contribution >= 4 is 0 Å². The Hall–Kier alpha value is -2.26. The molecule has 1 aromatic carbocycles. The number of nitrogens with zero attached hydrogens (tertiary/aromatic N) is 2. The SMILES string of the molecule is COc1cc(-c2noc([C@H]3NCCO[C@@H]3C)n2)ccc1OC(F)F. The van der Waals surface area contributed by atoms with Crippen molar-refractivity contribution in [2.45, 2.75) is 25.7 Å². The molecule has 0 aliphatic carbocycles. The molecule has 0 spiro atoms. The van der Waals surface area contributed by atoms with Crippen molar-refractivity contribution in [1.29, 1.82) is 0 Å². The van der Waals surface area contributed by atoms with Crippen molar-refractivity contribution in [3.05, 3.63) is 24.1 Å². The molecule has 1 saturated heterocycles. The van der Waals surface area contributed by atoms with Gasteiger partial charge < -0.3 is 24.1 Å². The summed E-state index contributed by atoms with van der Waals surface area (Å²) in [5.74, 6) is 0.832. The summed E-state index contributed by atoms with van der Waals surface area (Å²) in [6.07, 6.45) is -0.0941. The maximum absolute atomic E-state index is 12.4. The third-order valence-electron chi connectivity index (χ3n) is 3.66. The number of methoxy groups -OCH3 is 1. The average Bonchev–Trinajstić information content (AvgIpc) is 3.05. The quantitative estimate of drug-likeness (QED) is 0.894. The van der Waals surface area contributed by atoms with Crippen LogP contribution in [0.25, 0.3) is 11.4 Å². The lowest BCUT2D eigenvalue weighted by atomic mass is 10.1. The molecule has 2 aromatic rings. The van der Waals surface area contributed by atoms with Gasteiger partial charge in [0.1, 0.15) is 6.04 Å². The van der Waals surface area contributed by atoms with Crippen molar-refractivity contribution in [1.82, 2.24) is 15.5 Å². The zero-order valence-electron chi connectivity index (χ0n) is 13.2. The third kappa shape index (κ3) is 3.46. The van der Waals surface area contributed by atoms with Crippen molar-refractivity contribution in [3.8, 4) is 22.9 Å². The summed E-state index contributed by atoms with van der Waals surface area (Å²) in [7, 11) is 1.37. The fourth-order valence-electron chi connectivity index (χ4n) is 2.49. The molecule has 3 rings (SSSR count). The molecule has 1 aliphatic heterocycles. The minimum absolute atomic E-state index is 0.0593. The number of morpholine rings is 1. The molecule has 7 nitrogen and oxygen atoms in total. The fraction of sp³-hybridized carbons (Fsp3) is 0.467. The highest BCUT2D eigenvalue weighted by atomic mass is 19.3. The first-order valence-electron chi connectivity index (χ1n) is 7.40. The smallest absolute Gasteiger partial charge is 0.387 e. The summed E-state index contributed by atoms with van der Waals surface area (Å²) >= 11 is 0. The van der Waals surface area contributed by atoms with Crippen LogP contribution < -0.4 is 14.8 Å². The highest BCUT2D eigenvalue weighted by molar-refractivity contribution is 5.60. The predicted octanol–water partition coefficient (Wildman–Crippen LogP) is 2.40. The van der Waals surface area contributed by atoms with E-state index in [2.05, 4.69) is 20.2 Å². The molecular formula is C15H17F2N3O4. The highest BCUT2D eigenvalue weighted by Crippen LogP contribution is 2.33. The number of benzene rings is 1. The minimum atomic E-state index is -2.93. The van der Waals surface area contributed by atoms with Crippen LogP contribution in [0.3, 0.4) is 0 Å². The zero-order valence-corrected chi connectivity index (χ0v) is 13.2. The molecule has 130 valence electrons. The molecule has 0 unspecified atom stereocenters. The van der Waals surface area contributed by atoms with E-state index in [0.29, 0.717) is 30.4 Å². The van der Waals surface area contributed by atoms with Crippen molar-refractivity contribution in [2.24, 2.45) is 0 Å². The Labute approximate surface area is 136 Å². The normalized spacial score (nSPS) is 21.0. The van der Waals surface area contributed by atoms with Crippen LogP contribution in [0, 0.1) is 0 Å². The Balaban J connectivity index is 1.84. The fourth-order valence-corrected chi connectivity index (χ4v) is 2.49. The lowest BCUT2D eigenvalue weighted by Gasteiger charge is -2.27. The van der Waals surface area contributed by atoms with Gasteiger partial charge in [0.05, 0.1) is 19.8 Å². The van der Waals surface area contributed by atoms with Gasteiger partial charge in [0.15, 0.2) is 11.5 Å². The number of halogens is 2. The second-order valence-electron chi connectivity index (χ2n) is 5.21. The van der Waals surface area contributed by atoms with Gasteiger partial charge in [-0.3, -0.25) is 0 Å². The minimum Gasteiger partial charge on any atom is -0.493 e. The Morgan fingerprint density at radius 3 is 2.88 bits per heavy atom. The van der Waals surface area contributed by atoms with Crippen LogP contribution in [-0.4, -0.2) is 43.1 Å². The molecule has 0 bridgehead atoms. The van der Waals surface area contributed by atoms with Gasteiger partial charge in [0.25, 0.3) is 0 Å². The summed E-state index contributed by atoms with van der Waals surface area (Å²) in [4.78, 5) is 4.36. The molecule has 9 heteroatoms. The van der Waals surface area contributed by atoms with E-state index in [1.54, 1.807) is 6.07 Å². The molecule has 1 aromatic heterocycles. The van der Waals surface area contributed by atoms with E-state index in [9.17, 15) is 8.78 Å². The van der Waals surface area contributed by atoms with E-state index in [4.69, 9.17) is 14.0 Å². The number of hydrogen-bond acceptors (Lipinski definition) is 7. The number of ether oxygens (including phenoxy) is 3. The molecule has 1 aliphatic rings. The van der Waals surface area contributed by atoms with Crippen LogP contribution in [-0.2, 0) is 4.74 Å². The first-order valence-corrected chi connectivity index (χ1v) is 7.40. The highest BCUT2D eigenvalue weighted by Gasteiger charge is 2.28. The summed E-state index contributed by atoms with van der Waals surface area (Å²) in [5.41, 5.74) is 0.563. The van der Waals surface area contributed by atoms with Crippen molar-refractivity contribution in [3.63, 3.8) is 0 Å². The third-order valence-corrected chi connectivity index (χ3v) is 3.66. The van der Waals surface area contributed by atoms with Crippen LogP contribution in [0.4, 0.5) is 8.78 Å². The van der Waals surface area contributed by atoms with E-state index in [1.165, 1.54) is 19.2 Å². The van der Waals surface area contributed by atoms with E-state index < -0.39 is 6.61 Å². The van der Waals surface area contributed by atoms with Crippen LogP contribution in [0.1, 0.15) is 18.9 Å². The Morgan fingerprint density at radius 1 is 1.33 bits per heavy atom. The van der Waals surface area contributed by atoms with Crippen molar-refractivity contribution in [2.75, 3.05) is 20.3 Å². The predicted molar refractivity (Wildman–Crippen MR) is 79.1 cm³/mol. The molecular weight excluding hydrogens is 324 g/mol. The van der Waals surface area contributed by atoms with Crippen LogP contribution in [0.15, 0.2) is 22.7 Å². The average molecular weight is 341 g/mol. The van der Waals surface area contributed by atoms with Gasteiger partial charge in [-0.15, -0.1) is 0 Å². The Kier molecular flexibility index (Phi) is 4.91. The maximum Gasteiger partial charge on any atom is 0.387 e. The second kappa shape index (κ2) is 7.10. The Morgan fingerprint density at radius 2 is 2.17 bits per heavy atom. The van der Waals surface area contributed by atoms with E-state index in [1.807, 2.05) is 6.92 Å². The summed E-state index contributed by atoms with van der Waals surface area (Å²) in [5, 5.41) is 7.19. The first kappa shape index (κ1) is 16.6. The molecule has 2 atom stereocenters. The summed E-state index contributed by atoms with van der Waals surface area (Å²) < 4.78 is 45.1. The van der Waals surface area contributed by atoms with Gasteiger partial charge >= 0.3 is 6.61 Å². The standard InChI is InChI=1S/C15H17F2N3O4/c1-8-12(18-5-6-22-8)14-19-13(20-24-14)9-3-4-10(23-15(16)17)11(7-9)21-2/h3-4,7-8,12,15,18H,5-6H2,1-2H3/t8-,12+/m1/s1. The lowest BCUT2D eigenvalue weighted by Crippen LogP contribution is -2.40. The Bertz CT molecular complexity index is 695. The number of alkyl halides is 2. The number of rotatable bonds is 5. The lowest BCUT2D eigenvalue weighted by molar-refractivity contribution is -0.0512. The summed E-state index contributed by atoms with van der Waals surface area (Å²) in [6, 6.07) is 4.26. The molecule has 0 radical (unpaired) electrons. The van der Waals surface area contributed by atoms with Gasteiger partial charge in [-0.2, -0.15) is 13.8 Å². The number of nitrogens with one attached hydrogen (secondary N) is 1. The monoisotopic (exact) mass is 341 g/mol. The molecule has 0 saturated carbocycles. The van der Waals surface area contributed by atoms with E-state index in [0.717, 1.165) is 0 Å². The topological polar surface area (TPSA) is 78.6 Å². The second-order valence-corrected chi connectivity index (χ2v) is 5.21. The van der Waals surface area contributed by atoms with Gasteiger partial charge in [0, 0.05) is 12.1 Å². The number of hydrogen-bond donors (Lipinski definition) is 1. The zero-order chi connectivity index (χ0) is 17.1. The van der Waals surface area contributed by atoms with Crippen molar-refractivity contribution < 1.29 is 27.5 Å². The molecule has 1 N–H and O–H groups in total. The molecule has 2 heterocycles. The van der Waals surface area contributed by atoms with Gasteiger partial charge in [-0.05, 0) is 25.1 Å².